The molecule has 0 saturated heterocycles. The highest BCUT2D eigenvalue weighted by Crippen LogP contribution is 2.52. The van der Waals surface area contributed by atoms with Gasteiger partial charge in [0, 0.05) is 50.9 Å². The van der Waals surface area contributed by atoms with Crippen molar-refractivity contribution in [1.29, 1.82) is 0 Å². The SMILES string of the molecule is Cc1cccc(C)c1B1c2c(C)cccc2-c2cccc3c2c1cc1c2cccc4c2c(cc31)-c1ccc(N(c2ccccc2)c2ccc3c(c2)oc2ccccc23)cc1O4. The molecular formula is C57H38BNO2. The van der Waals surface area contributed by atoms with Gasteiger partial charge in [0.05, 0.1) is 0 Å². The molecular weight excluding hydrogens is 741 g/mol. The lowest BCUT2D eigenvalue weighted by atomic mass is 9.32. The van der Waals surface area contributed by atoms with Crippen molar-refractivity contribution in [1.82, 2.24) is 0 Å². The molecule has 4 heteroatoms. The van der Waals surface area contributed by atoms with E-state index in [1.54, 1.807) is 0 Å². The van der Waals surface area contributed by atoms with Crippen LogP contribution in [-0.4, -0.2) is 6.71 Å². The Morgan fingerprint density at radius 1 is 0.377 bits per heavy atom. The van der Waals surface area contributed by atoms with Crippen molar-refractivity contribution in [3.05, 3.63) is 193 Å². The summed E-state index contributed by atoms with van der Waals surface area (Å²) in [5.74, 6) is 1.72. The average Bonchev–Trinajstić information content (AvgIpc) is 3.66. The second-order valence-electron chi connectivity index (χ2n) is 16.9. The zero-order valence-electron chi connectivity index (χ0n) is 34.1. The van der Waals surface area contributed by atoms with Crippen LogP contribution >= 0.6 is 0 Å². The summed E-state index contributed by atoms with van der Waals surface area (Å²) in [6.07, 6.45) is 0. The second kappa shape index (κ2) is 12.7. The third-order valence-electron chi connectivity index (χ3n) is 13.5. The molecule has 0 fully saturated rings. The van der Waals surface area contributed by atoms with Crippen LogP contribution in [-0.2, 0) is 0 Å². The molecule has 0 atom stereocenters. The summed E-state index contributed by atoms with van der Waals surface area (Å²) >= 11 is 0. The fourth-order valence-corrected chi connectivity index (χ4v) is 10.9. The molecule has 13 rings (SSSR count). The van der Waals surface area contributed by atoms with Crippen LogP contribution in [0.3, 0.4) is 0 Å². The summed E-state index contributed by atoms with van der Waals surface area (Å²) in [6, 6.07) is 64.0. The van der Waals surface area contributed by atoms with Gasteiger partial charge in [-0.2, -0.15) is 0 Å². The number of rotatable bonds is 4. The van der Waals surface area contributed by atoms with E-state index in [1.807, 2.05) is 12.1 Å². The molecule has 2 aliphatic rings. The van der Waals surface area contributed by atoms with Crippen LogP contribution in [0.4, 0.5) is 17.1 Å². The molecule has 0 amide bonds. The number of ether oxygens (including phenoxy) is 1. The van der Waals surface area contributed by atoms with Gasteiger partial charge in [-0.05, 0) is 119 Å². The number of hydrogen-bond acceptors (Lipinski definition) is 3. The first-order valence-corrected chi connectivity index (χ1v) is 21.2. The van der Waals surface area contributed by atoms with Crippen molar-refractivity contribution in [3.8, 4) is 33.8 Å². The summed E-state index contributed by atoms with van der Waals surface area (Å²) in [6.45, 7) is 6.94. The lowest BCUT2D eigenvalue weighted by molar-refractivity contribution is 0.487. The van der Waals surface area contributed by atoms with Gasteiger partial charge in [-0.3, -0.25) is 0 Å². The lowest BCUT2D eigenvalue weighted by Crippen LogP contribution is -2.57. The molecule has 0 spiro atoms. The number of benzene rings is 10. The van der Waals surface area contributed by atoms with E-state index >= 15 is 0 Å². The zero-order chi connectivity index (χ0) is 40.5. The molecule has 3 nitrogen and oxygen atoms in total. The lowest BCUT2D eigenvalue weighted by Gasteiger charge is -2.32. The Morgan fingerprint density at radius 2 is 1.02 bits per heavy atom. The third kappa shape index (κ3) is 4.88. The normalized spacial score (nSPS) is 12.6. The maximum absolute atomic E-state index is 6.98. The zero-order valence-corrected chi connectivity index (χ0v) is 34.1. The molecule has 0 saturated carbocycles. The number of para-hydroxylation sites is 2. The summed E-state index contributed by atoms with van der Waals surface area (Å²) in [7, 11) is 0. The molecule has 61 heavy (non-hydrogen) atoms. The Kier molecular flexibility index (Phi) is 7.16. The molecule has 0 N–H and O–H groups in total. The van der Waals surface area contributed by atoms with Crippen LogP contribution in [0.15, 0.2) is 180 Å². The number of fused-ring (bicyclic) bond motifs is 10. The van der Waals surface area contributed by atoms with E-state index in [0.717, 1.165) is 61.4 Å². The highest BCUT2D eigenvalue weighted by Gasteiger charge is 2.36. The number of anilines is 3. The van der Waals surface area contributed by atoms with Crippen LogP contribution in [0, 0.1) is 20.8 Å². The van der Waals surface area contributed by atoms with Crippen LogP contribution in [0.1, 0.15) is 16.7 Å². The Labute approximate surface area is 354 Å². The molecule has 10 aromatic carbocycles. The predicted octanol–water partition coefficient (Wildman–Crippen LogP) is 13.7. The molecule has 286 valence electrons. The fraction of sp³-hybridized carbons (Fsp3) is 0.0526. The van der Waals surface area contributed by atoms with Gasteiger partial charge in [0.2, 0.25) is 6.71 Å². The van der Waals surface area contributed by atoms with Crippen molar-refractivity contribution in [2.24, 2.45) is 0 Å². The molecule has 0 bridgehead atoms. The van der Waals surface area contributed by atoms with Gasteiger partial charge in [-0.15, -0.1) is 0 Å². The van der Waals surface area contributed by atoms with Gasteiger partial charge < -0.3 is 14.1 Å². The van der Waals surface area contributed by atoms with Crippen LogP contribution < -0.4 is 26.0 Å². The first kappa shape index (κ1) is 34.3. The van der Waals surface area contributed by atoms with Crippen molar-refractivity contribution < 1.29 is 9.15 Å². The average molecular weight is 780 g/mol. The Bertz CT molecular complexity index is 3660. The molecule has 0 aliphatic carbocycles. The quantitative estimate of drug-likeness (QED) is 0.131. The topological polar surface area (TPSA) is 25.6 Å². The molecule has 2 aliphatic heterocycles. The summed E-state index contributed by atoms with van der Waals surface area (Å²) in [5.41, 5.74) is 17.9. The number of nitrogens with zero attached hydrogens (tertiary/aromatic N) is 1. The van der Waals surface area contributed by atoms with Crippen LogP contribution in [0.5, 0.6) is 11.5 Å². The van der Waals surface area contributed by atoms with Crippen molar-refractivity contribution in [3.63, 3.8) is 0 Å². The van der Waals surface area contributed by atoms with Crippen molar-refractivity contribution in [2.75, 3.05) is 4.90 Å². The van der Waals surface area contributed by atoms with E-state index in [4.69, 9.17) is 9.15 Å². The number of furan rings is 1. The smallest absolute Gasteiger partial charge is 0.243 e. The summed E-state index contributed by atoms with van der Waals surface area (Å²) < 4.78 is 13.4. The minimum Gasteiger partial charge on any atom is -0.456 e. The maximum Gasteiger partial charge on any atom is 0.243 e. The third-order valence-corrected chi connectivity index (χ3v) is 13.5. The first-order valence-electron chi connectivity index (χ1n) is 21.2. The molecule has 0 radical (unpaired) electrons. The standard InChI is InChI=1S/C57H38BNO2/c1-33-13-9-14-34(2)56(33)58-49-32-47-44-21-12-24-51-55(44)48(31-46(47)43-20-11-19-42(54(43)49)45-22-10-15-35(3)57(45)58)41-28-26-38(30-53(41)61-51)59(36-16-5-4-6-17-36)37-25-27-40-39-18-7-8-23-50(39)60-52(40)29-37/h4-32H,1-3H3. The highest BCUT2D eigenvalue weighted by molar-refractivity contribution is 6.99. The highest BCUT2D eigenvalue weighted by atomic mass is 16.5. The van der Waals surface area contributed by atoms with Crippen LogP contribution in [0.25, 0.3) is 76.5 Å². The Balaban J connectivity index is 1.03. The number of aryl methyl sites for hydroxylation is 3. The van der Waals surface area contributed by atoms with Gasteiger partial charge in [-0.1, -0.05) is 142 Å². The van der Waals surface area contributed by atoms with Crippen molar-refractivity contribution >= 4 is 94.4 Å². The van der Waals surface area contributed by atoms with Crippen molar-refractivity contribution in [2.45, 2.75) is 20.8 Å². The maximum atomic E-state index is 6.98. The van der Waals surface area contributed by atoms with E-state index in [2.05, 4.69) is 189 Å². The molecule has 3 heterocycles. The van der Waals surface area contributed by atoms with Gasteiger partial charge in [0.25, 0.3) is 0 Å². The van der Waals surface area contributed by atoms with Gasteiger partial charge in [0.15, 0.2) is 0 Å². The second-order valence-corrected chi connectivity index (χ2v) is 16.9. The minimum absolute atomic E-state index is 0.112. The minimum atomic E-state index is 0.112. The predicted molar refractivity (Wildman–Crippen MR) is 257 cm³/mol. The van der Waals surface area contributed by atoms with E-state index in [9.17, 15) is 0 Å². The fourth-order valence-electron chi connectivity index (χ4n) is 10.9. The summed E-state index contributed by atoms with van der Waals surface area (Å²) in [5, 5.41) is 9.76. The van der Waals surface area contributed by atoms with E-state index in [0.29, 0.717) is 0 Å². The molecule has 11 aromatic rings. The van der Waals surface area contributed by atoms with Crippen LogP contribution in [0.2, 0.25) is 0 Å². The molecule has 1 aromatic heterocycles. The monoisotopic (exact) mass is 779 g/mol. The molecule has 0 unspecified atom stereocenters. The Morgan fingerprint density at radius 3 is 1.87 bits per heavy atom. The van der Waals surface area contributed by atoms with E-state index < -0.39 is 0 Å². The van der Waals surface area contributed by atoms with Gasteiger partial charge in [0.1, 0.15) is 22.7 Å². The van der Waals surface area contributed by atoms with Gasteiger partial charge >= 0.3 is 0 Å². The Hall–Kier alpha value is -7.56. The number of hydrogen-bond donors (Lipinski definition) is 0. The largest absolute Gasteiger partial charge is 0.456 e. The van der Waals surface area contributed by atoms with E-state index in [-0.39, 0.29) is 6.71 Å². The first-order chi connectivity index (χ1) is 30.0. The summed E-state index contributed by atoms with van der Waals surface area (Å²) in [4.78, 5) is 2.29. The van der Waals surface area contributed by atoms with E-state index in [1.165, 1.54) is 76.7 Å². The van der Waals surface area contributed by atoms with Gasteiger partial charge in [-0.25, -0.2) is 0 Å².